The Hall–Kier alpha value is -1.81. The Kier molecular flexibility index (Phi) is 3.90. The van der Waals surface area contributed by atoms with Crippen molar-refractivity contribution in [3.05, 3.63) is 48.5 Å². The molecule has 0 aliphatic heterocycles. The van der Waals surface area contributed by atoms with Crippen molar-refractivity contribution in [2.75, 3.05) is 5.32 Å². The number of aromatic nitrogens is 2. The summed E-state index contributed by atoms with van der Waals surface area (Å²) < 4.78 is 2.03. The largest absolute Gasteiger partial charge is 0.388 e. The zero-order valence-corrected chi connectivity index (χ0v) is 11.7. The normalized spacial score (nSPS) is 13.3. The van der Waals surface area contributed by atoms with E-state index >= 15 is 0 Å². The molecule has 1 unspecified atom stereocenters. The van der Waals surface area contributed by atoms with Crippen molar-refractivity contribution in [2.24, 2.45) is 0 Å². The van der Waals surface area contributed by atoms with Gasteiger partial charge in [-0.2, -0.15) is 0 Å². The summed E-state index contributed by atoms with van der Waals surface area (Å²) >= 11 is 0. The number of imidazole rings is 1. The van der Waals surface area contributed by atoms with Gasteiger partial charge in [-0.3, -0.25) is 0 Å². The maximum atomic E-state index is 9.95. The van der Waals surface area contributed by atoms with E-state index in [0.717, 1.165) is 12.2 Å². The summed E-state index contributed by atoms with van der Waals surface area (Å²) in [5, 5.41) is 13.3. The third kappa shape index (κ3) is 3.83. The molecule has 2 N–H and O–H groups in total. The molecule has 4 nitrogen and oxygen atoms in total. The fourth-order valence-electron chi connectivity index (χ4n) is 1.78. The SMILES string of the molecule is CC(Nc1cccc(Cn2ccnc2)c1)C(C)(C)O. The Morgan fingerprint density at radius 3 is 2.84 bits per heavy atom. The number of nitrogens with one attached hydrogen (secondary N) is 1. The van der Waals surface area contributed by atoms with E-state index in [1.54, 1.807) is 26.4 Å². The molecule has 0 fully saturated rings. The smallest absolute Gasteiger partial charge is 0.0949 e. The molecular formula is C15H21N3O. The Morgan fingerprint density at radius 2 is 2.21 bits per heavy atom. The lowest BCUT2D eigenvalue weighted by Gasteiger charge is -2.27. The number of rotatable bonds is 5. The fraction of sp³-hybridized carbons (Fsp3) is 0.400. The number of anilines is 1. The summed E-state index contributed by atoms with van der Waals surface area (Å²) in [5.41, 5.74) is 1.47. The molecule has 0 spiro atoms. The minimum atomic E-state index is -0.750. The molecule has 1 heterocycles. The second kappa shape index (κ2) is 5.45. The number of nitrogens with zero attached hydrogens (tertiary/aromatic N) is 2. The Balaban J connectivity index is 2.07. The first-order valence-corrected chi connectivity index (χ1v) is 6.49. The van der Waals surface area contributed by atoms with Crippen LogP contribution in [0.4, 0.5) is 5.69 Å². The highest BCUT2D eigenvalue weighted by Crippen LogP contribution is 2.17. The van der Waals surface area contributed by atoms with Gasteiger partial charge in [-0.1, -0.05) is 12.1 Å². The van der Waals surface area contributed by atoms with E-state index in [1.807, 2.05) is 29.8 Å². The zero-order chi connectivity index (χ0) is 13.9. The van der Waals surface area contributed by atoms with Crippen LogP contribution in [0.1, 0.15) is 26.3 Å². The molecule has 0 saturated heterocycles. The number of aliphatic hydroxyl groups is 1. The second-order valence-electron chi connectivity index (χ2n) is 5.46. The van der Waals surface area contributed by atoms with E-state index in [1.165, 1.54) is 5.56 Å². The summed E-state index contributed by atoms with van der Waals surface area (Å²) in [6, 6.07) is 8.20. The maximum Gasteiger partial charge on any atom is 0.0949 e. The van der Waals surface area contributed by atoms with Gasteiger partial charge in [-0.25, -0.2) is 4.98 Å². The monoisotopic (exact) mass is 259 g/mol. The van der Waals surface area contributed by atoms with Crippen molar-refractivity contribution in [3.63, 3.8) is 0 Å². The minimum absolute atomic E-state index is 0.0176. The Bertz CT molecular complexity index is 514. The lowest BCUT2D eigenvalue weighted by atomic mass is 10.0. The summed E-state index contributed by atoms with van der Waals surface area (Å²) in [7, 11) is 0. The first-order valence-electron chi connectivity index (χ1n) is 6.49. The molecule has 0 aliphatic carbocycles. The van der Waals surface area contributed by atoms with Crippen LogP contribution in [0.25, 0.3) is 0 Å². The highest BCUT2D eigenvalue weighted by molar-refractivity contribution is 5.47. The highest BCUT2D eigenvalue weighted by atomic mass is 16.3. The maximum absolute atomic E-state index is 9.95. The molecule has 0 radical (unpaired) electrons. The van der Waals surface area contributed by atoms with E-state index in [4.69, 9.17) is 0 Å². The van der Waals surface area contributed by atoms with Gasteiger partial charge in [0.25, 0.3) is 0 Å². The summed E-state index contributed by atoms with van der Waals surface area (Å²) in [5.74, 6) is 0. The molecular weight excluding hydrogens is 238 g/mol. The van der Waals surface area contributed by atoms with E-state index < -0.39 is 5.60 Å². The van der Waals surface area contributed by atoms with Gasteiger partial charge in [-0.05, 0) is 38.5 Å². The lowest BCUT2D eigenvalue weighted by Crippen LogP contribution is -2.39. The molecule has 2 rings (SSSR count). The topological polar surface area (TPSA) is 50.1 Å². The molecule has 1 aromatic heterocycles. The lowest BCUT2D eigenvalue weighted by molar-refractivity contribution is 0.0649. The Labute approximate surface area is 114 Å². The van der Waals surface area contributed by atoms with Crippen LogP contribution in [0.3, 0.4) is 0 Å². The zero-order valence-electron chi connectivity index (χ0n) is 11.7. The van der Waals surface area contributed by atoms with Gasteiger partial charge in [0.1, 0.15) is 0 Å². The molecule has 19 heavy (non-hydrogen) atoms. The number of hydrogen-bond donors (Lipinski definition) is 2. The van der Waals surface area contributed by atoms with Gasteiger partial charge in [-0.15, -0.1) is 0 Å². The van der Waals surface area contributed by atoms with Gasteiger partial charge in [0.15, 0.2) is 0 Å². The molecule has 102 valence electrons. The quantitative estimate of drug-likeness (QED) is 0.867. The first-order chi connectivity index (χ1) is 8.95. The average molecular weight is 259 g/mol. The fourth-order valence-corrected chi connectivity index (χ4v) is 1.78. The van der Waals surface area contributed by atoms with Crippen LogP contribution in [-0.4, -0.2) is 26.3 Å². The molecule has 4 heteroatoms. The minimum Gasteiger partial charge on any atom is -0.388 e. The third-order valence-electron chi connectivity index (χ3n) is 3.29. The second-order valence-corrected chi connectivity index (χ2v) is 5.46. The third-order valence-corrected chi connectivity index (χ3v) is 3.29. The molecule has 0 bridgehead atoms. The predicted octanol–water partition coefficient (Wildman–Crippen LogP) is 2.50. The van der Waals surface area contributed by atoms with Crippen molar-refractivity contribution in [2.45, 2.75) is 39.0 Å². The Morgan fingerprint density at radius 1 is 1.42 bits per heavy atom. The van der Waals surface area contributed by atoms with Crippen LogP contribution in [0.5, 0.6) is 0 Å². The van der Waals surface area contributed by atoms with Gasteiger partial charge in [0, 0.05) is 24.6 Å². The summed E-state index contributed by atoms with van der Waals surface area (Å²) in [4.78, 5) is 4.04. The highest BCUT2D eigenvalue weighted by Gasteiger charge is 2.21. The van der Waals surface area contributed by atoms with E-state index in [0.29, 0.717) is 0 Å². The van der Waals surface area contributed by atoms with Crippen LogP contribution in [-0.2, 0) is 6.54 Å². The standard InChI is InChI=1S/C15H21N3O/c1-12(15(2,3)19)17-14-6-4-5-13(9-14)10-18-8-7-16-11-18/h4-9,11-12,17,19H,10H2,1-3H3. The van der Waals surface area contributed by atoms with E-state index in [-0.39, 0.29) is 6.04 Å². The summed E-state index contributed by atoms with van der Waals surface area (Å²) in [6.45, 7) is 6.38. The van der Waals surface area contributed by atoms with E-state index in [9.17, 15) is 5.11 Å². The number of benzene rings is 1. The van der Waals surface area contributed by atoms with Crippen LogP contribution in [0.2, 0.25) is 0 Å². The van der Waals surface area contributed by atoms with Crippen molar-refractivity contribution >= 4 is 5.69 Å². The predicted molar refractivity (Wildman–Crippen MR) is 77.2 cm³/mol. The molecule has 1 atom stereocenters. The van der Waals surface area contributed by atoms with Gasteiger partial charge in [0.05, 0.1) is 18.0 Å². The molecule has 2 aromatic rings. The van der Waals surface area contributed by atoms with Crippen LogP contribution in [0.15, 0.2) is 43.0 Å². The average Bonchev–Trinajstić information content (AvgIpc) is 2.81. The van der Waals surface area contributed by atoms with Crippen LogP contribution >= 0.6 is 0 Å². The van der Waals surface area contributed by atoms with Gasteiger partial charge >= 0.3 is 0 Å². The van der Waals surface area contributed by atoms with Crippen molar-refractivity contribution in [1.29, 1.82) is 0 Å². The van der Waals surface area contributed by atoms with Crippen molar-refractivity contribution in [3.8, 4) is 0 Å². The molecule has 0 amide bonds. The van der Waals surface area contributed by atoms with E-state index in [2.05, 4.69) is 22.4 Å². The molecule has 0 saturated carbocycles. The van der Waals surface area contributed by atoms with Crippen LogP contribution in [0, 0.1) is 0 Å². The van der Waals surface area contributed by atoms with Crippen molar-refractivity contribution in [1.82, 2.24) is 9.55 Å². The van der Waals surface area contributed by atoms with Crippen molar-refractivity contribution < 1.29 is 5.11 Å². The summed E-state index contributed by atoms with van der Waals surface area (Å²) in [6.07, 6.45) is 5.53. The number of hydrogen-bond acceptors (Lipinski definition) is 3. The molecule has 1 aromatic carbocycles. The van der Waals surface area contributed by atoms with Gasteiger partial charge in [0.2, 0.25) is 0 Å². The van der Waals surface area contributed by atoms with Gasteiger partial charge < -0.3 is 15.0 Å². The van der Waals surface area contributed by atoms with Crippen LogP contribution < -0.4 is 5.32 Å². The molecule has 0 aliphatic rings. The first kappa shape index (κ1) is 13.6.